The summed E-state index contributed by atoms with van der Waals surface area (Å²) in [4.78, 5) is 23.5. The van der Waals surface area contributed by atoms with Crippen LogP contribution < -0.4 is 5.32 Å². The van der Waals surface area contributed by atoms with Gasteiger partial charge >= 0.3 is 5.69 Å². The Labute approximate surface area is 148 Å². The van der Waals surface area contributed by atoms with E-state index in [0.29, 0.717) is 10.6 Å². The molecule has 130 valence electrons. The minimum Gasteiger partial charge on any atom is -0.315 e. The lowest BCUT2D eigenvalue weighted by atomic mass is 9.97. The van der Waals surface area contributed by atoms with Gasteiger partial charge in [0.15, 0.2) is 0 Å². The summed E-state index contributed by atoms with van der Waals surface area (Å²) in [6.45, 7) is -0.138. The fraction of sp³-hybridized carbons (Fsp3) is 0.438. The molecule has 0 saturated carbocycles. The molecule has 1 amide bonds. The second-order valence-corrected chi connectivity index (χ2v) is 7.04. The molecule has 8 nitrogen and oxygen atoms in total. The summed E-state index contributed by atoms with van der Waals surface area (Å²) < 4.78 is 1.21. The molecule has 0 aliphatic heterocycles. The summed E-state index contributed by atoms with van der Waals surface area (Å²) in [6.07, 6.45) is 8.64. The van der Waals surface area contributed by atoms with Gasteiger partial charge < -0.3 is 5.32 Å². The van der Waals surface area contributed by atoms with Crippen molar-refractivity contribution >= 4 is 27.9 Å². The number of nitriles is 1. The molecule has 0 fully saturated rings. The predicted octanol–water partition coefficient (Wildman–Crippen LogP) is 3.02. The Morgan fingerprint density at radius 2 is 2.16 bits per heavy atom. The maximum Gasteiger partial charge on any atom is 0.307 e. The SMILES string of the molecule is N#Cc1c(NC(=O)Cn2cc([N+](=O)[O-])cn2)sc2c1CCCCCC2. The van der Waals surface area contributed by atoms with Crippen molar-refractivity contribution in [2.45, 2.75) is 45.1 Å². The van der Waals surface area contributed by atoms with Gasteiger partial charge in [0, 0.05) is 4.88 Å². The van der Waals surface area contributed by atoms with Crippen molar-refractivity contribution in [1.82, 2.24) is 9.78 Å². The molecule has 0 aromatic carbocycles. The Morgan fingerprint density at radius 3 is 2.84 bits per heavy atom. The normalized spacial score (nSPS) is 14.0. The number of aryl methyl sites for hydroxylation is 1. The number of anilines is 1. The average Bonchev–Trinajstić information content (AvgIpc) is 3.12. The highest BCUT2D eigenvalue weighted by molar-refractivity contribution is 7.16. The first-order chi connectivity index (χ1) is 12.1. The second-order valence-electron chi connectivity index (χ2n) is 5.94. The molecule has 0 unspecified atom stereocenters. The van der Waals surface area contributed by atoms with Gasteiger partial charge in [-0.2, -0.15) is 10.4 Å². The maximum absolute atomic E-state index is 12.2. The molecule has 0 spiro atoms. The third kappa shape index (κ3) is 3.85. The van der Waals surface area contributed by atoms with Gasteiger partial charge in [0.25, 0.3) is 0 Å². The monoisotopic (exact) mass is 359 g/mol. The van der Waals surface area contributed by atoms with Crippen molar-refractivity contribution < 1.29 is 9.72 Å². The molecule has 3 rings (SSSR count). The zero-order valence-electron chi connectivity index (χ0n) is 13.5. The third-order valence-electron chi connectivity index (χ3n) is 4.17. The maximum atomic E-state index is 12.2. The van der Waals surface area contributed by atoms with Crippen LogP contribution in [-0.4, -0.2) is 20.6 Å². The number of rotatable bonds is 4. The van der Waals surface area contributed by atoms with Gasteiger partial charge in [-0.3, -0.25) is 19.6 Å². The fourth-order valence-corrected chi connectivity index (χ4v) is 4.23. The Morgan fingerprint density at radius 1 is 1.40 bits per heavy atom. The summed E-state index contributed by atoms with van der Waals surface area (Å²) in [5.74, 6) is -0.358. The molecular formula is C16H17N5O3S. The van der Waals surface area contributed by atoms with Crippen LogP contribution in [0.25, 0.3) is 0 Å². The average molecular weight is 359 g/mol. The standard InChI is InChI=1S/C16H17N5O3S/c17-7-13-12-5-3-1-2-4-6-14(12)25-16(13)19-15(22)10-20-9-11(8-18-20)21(23)24/h8-9H,1-6,10H2,(H,19,22). The molecular weight excluding hydrogens is 342 g/mol. The molecule has 2 aromatic heterocycles. The Balaban J connectivity index is 1.75. The van der Waals surface area contributed by atoms with Crippen molar-refractivity contribution in [2.75, 3.05) is 5.32 Å². The summed E-state index contributed by atoms with van der Waals surface area (Å²) in [5.41, 5.74) is 1.46. The van der Waals surface area contributed by atoms with E-state index in [9.17, 15) is 20.2 Å². The minimum atomic E-state index is -0.561. The van der Waals surface area contributed by atoms with Crippen molar-refractivity contribution in [3.63, 3.8) is 0 Å². The Bertz CT molecular complexity index is 849. The molecule has 25 heavy (non-hydrogen) atoms. The number of hydrogen-bond donors (Lipinski definition) is 1. The lowest BCUT2D eigenvalue weighted by Crippen LogP contribution is -2.19. The molecule has 0 radical (unpaired) electrons. The van der Waals surface area contributed by atoms with E-state index in [1.807, 2.05) is 0 Å². The molecule has 2 aromatic rings. The van der Waals surface area contributed by atoms with Crippen LogP contribution in [-0.2, 0) is 24.2 Å². The molecule has 0 saturated heterocycles. The van der Waals surface area contributed by atoms with Gasteiger partial charge in [-0.25, -0.2) is 0 Å². The number of hydrogen-bond acceptors (Lipinski definition) is 6. The topological polar surface area (TPSA) is 114 Å². The molecule has 9 heteroatoms. The second kappa shape index (κ2) is 7.44. The smallest absolute Gasteiger partial charge is 0.307 e. The third-order valence-corrected chi connectivity index (χ3v) is 5.38. The first-order valence-corrected chi connectivity index (χ1v) is 8.91. The predicted molar refractivity (Wildman–Crippen MR) is 92.4 cm³/mol. The van der Waals surface area contributed by atoms with Gasteiger partial charge in [0.2, 0.25) is 5.91 Å². The lowest BCUT2D eigenvalue weighted by Gasteiger charge is -2.08. The van der Waals surface area contributed by atoms with Crippen LogP contribution in [0.3, 0.4) is 0 Å². The van der Waals surface area contributed by atoms with E-state index in [2.05, 4.69) is 16.5 Å². The van der Waals surface area contributed by atoms with E-state index >= 15 is 0 Å². The van der Waals surface area contributed by atoms with Crippen molar-refractivity contribution in [3.05, 3.63) is 38.5 Å². The van der Waals surface area contributed by atoms with Crippen LogP contribution in [0.15, 0.2) is 12.4 Å². The highest BCUT2D eigenvalue weighted by atomic mass is 32.1. The first kappa shape index (κ1) is 17.1. The van der Waals surface area contributed by atoms with Crippen LogP contribution in [0.2, 0.25) is 0 Å². The summed E-state index contributed by atoms with van der Waals surface area (Å²) in [5, 5.41) is 27.3. The number of aromatic nitrogens is 2. The quantitative estimate of drug-likeness (QED) is 0.666. The molecule has 1 aliphatic carbocycles. The number of carbonyl (C=O) groups excluding carboxylic acids is 1. The number of nitro groups is 1. The number of amides is 1. The van der Waals surface area contributed by atoms with Crippen molar-refractivity contribution in [1.29, 1.82) is 5.26 Å². The van der Waals surface area contributed by atoms with Gasteiger partial charge in [-0.15, -0.1) is 11.3 Å². The van der Waals surface area contributed by atoms with E-state index in [4.69, 9.17) is 0 Å². The fourth-order valence-electron chi connectivity index (χ4n) is 2.97. The zero-order valence-corrected chi connectivity index (χ0v) is 14.3. The van der Waals surface area contributed by atoms with E-state index in [1.165, 1.54) is 39.9 Å². The summed E-state index contributed by atoms with van der Waals surface area (Å²) in [7, 11) is 0. The number of nitrogens with zero attached hydrogens (tertiary/aromatic N) is 4. The molecule has 2 heterocycles. The Kier molecular flexibility index (Phi) is 5.09. The van der Waals surface area contributed by atoms with Crippen LogP contribution in [0.5, 0.6) is 0 Å². The van der Waals surface area contributed by atoms with E-state index < -0.39 is 4.92 Å². The highest BCUT2D eigenvalue weighted by Gasteiger charge is 2.21. The molecule has 0 bridgehead atoms. The largest absolute Gasteiger partial charge is 0.315 e. The zero-order chi connectivity index (χ0) is 17.8. The first-order valence-electron chi connectivity index (χ1n) is 8.10. The van der Waals surface area contributed by atoms with Crippen molar-refractivity contribution in [2.24, 2.45) is 0 Å². The van der Waals surface area contributed by atoms with Crippen LogP contribution in [0.4, 0.5) is 10.7 Å². The molecule has 1 aliphatic rings. The van der Waals surface area contributed by atoms with Gasteiger partial charge in [-0.1, -0.05) is 12.8 Å². The number of carbonyl (C=O) groups is 1. The number of fused-ring (bicyclic) bond motifs is 1. The minimum absolute atomic E-state index is 0.138. The number of nitrogens with one attached hydrogen (secondary N) is 1. The van der Waals surface area contributed by atoms with Crippen LogP contribution >= 0.6 is 11.3 Å². The van der Waals surface area contributed by atoms with Crippen molar-refractivity contribution in [3.8, 4) is 6.07 Å². The van der Waals surface area contributed by atoms with Crippen LogP contribution in [0.1, 0.15) is 41.7 Å². The van der Waals surface area contributed by atoms with Gasteiger partial charge in [0.05, 0.1) is 10.5 Å². The van der Waals surface area contributed by atoms with Gasteiger partial charge in [-0.05, 0) is 31.2 Å². The van der Waals surface area contributed by atoms with Gasteiger partial charge in [0.1, 0.15) is 30.0 Å². The summed E-state index contributed by atoms with van der Waals surface area (Å²) in [6, 6.07) is 2.22. The lowest BCUT2D eigenvalue weighted by molar-refractivity contribution is -0.385. The van der Waals surface area contributed by atoms with E-state index in [0.717, 1.165) is 37.4 Å². The molecule has 1 N–H and O–H groups in total. The number of thiophene rings is 1. The van der Waals surface area contributed by atoms with E-state index in [-0.39, 0.29) is 18.1 Å². The Hall–Kier alpha value is -2.73. The van der Waals surface area contributed by atoms with Crippen LogP contribution in [0, 0.1) is 21.4 Å². The highest BCUT2D eigenvalue weighted by Crippen LogP contribution is 2.36. The summed E-state index contributed by atoms with van der Waals surface area (Å²) >= 11 is 1.47. The molecule has 0 atom stereocenters. The van der Waals surface area contributed by atoms with E-state index in [1.54, 1.807) is 0 Å².